The third-order valence-electron chi connectivity index (χ3n) is 5.20. The molecule has 0 saturated heterocycles. The van der Waals surface area contributed by atoms with Gasteiger partial charge >= 0.3 is 5.97 Å². The Labute approximate surface area is 185 Å². The van der Waals surface area contributed by atoms with Crippen LogP contribution in [0.25, 0.3) is 0 Å². The molecule has 1 aliphatic heterocycles. The SMILES string of the molecule is CCOC(=O)c1nn(Cc2ccccc2)c2c1CN(Cc1ccc(NC(C)=O)s1)CC2. The number of nitrogens with one attached hydrogen (secondary N) is 1. The minimum atomic E-state index is -0.364. The molecule has 3 heterocycles. The molecule has 8 heteroatoms. The van der Waals surface area contributed by atoms with Crippen LogP contribution in [-0.4, -0.2) is 39.7 Å². The molecule has 1 amide bonds. The molecule has 0 aliphatic carbocycles. The van der Waals surface area contributed by atoms with Gasteiger partial charge in [0.1, 0.15) is 0 Å². The fourth-order valence-electron chi connectivity index (χ4n) is 3.86. The van der Waals surface area contributed by atoms with E-state index in [2.05, 4.69) is 27.4 Å². The number of fused-ring (bicyclic) bond motifs is 1. The summed E-state index contributed by atoms with van der Waals surface area (Å²) in [6.07, 6.45) is 0.818. The first-order valence-corrected chi connectivity index (χ1v) is 11.2. The molecule has 4 rings (SSSR count). The fourth-order valence-corrected chi connectivity index (χ4v) is 4.85. The van der Waals surface area contributed by atoms with E-state index < -0.39 is 0 Å². The van der Waals surface area contributed by atoms with E-state index in [-0.39, 0.29) is 11.9 Å². The van der Waals surface area contributed by atoms with Gasteiger partial charge in [0.05, 0.1) is 18.2 Å². The fraction of sp³-hybridized carbons (Fsp3) is 0.348. The number of ether oxygens (including phenoxy) is 1. The molecule has 162 valence electrons. The number of aromatic nitrogens is 2. The van der Waals surface area contributed by atoms with Crippen LogP contribution in [-0.2, 0) is 35.6 Å². The summed E-state index contributed by atoms with van der Waals surface area (Å²) < 4.78 is 7.23. The second-order valence-electron chi connectivity index (χ2n) is 7.55. The van der Waals surface area contributed by atoms with Crippen LogP contribution in [0.3, 0.4) is 0 Å². The van der Waals surface area contributed by atoms with Crippen molar-refractivity contribution in [1.82, 2.24) is 14.7 Å². The summed E-state index contributed by atoms with van der Waals surface area (Å²) in [7, 11) is 0. The highest BCUT2D eigenvalue weighted by Crippen LogP contribution is 2.28. The van der Waals surface area contributed by atoms with Gasteiger partial charge in [0.2, 0.25) is 5.91 Å². The molecule has 1 aliphatic rings. The number of thiophene rings is 1. The van der Waals surface area contributed by atoms with Gasteiger partial charge in [0.15, 0.2) is 5.69 Å². The summed E-state index contributed by atoms with van der Waals surface area (Å²) in [6, 6.07) is 14.1. The van der Waals surface area contributed by atoms with Gasteiger partial charge in [-0.2, -0.15) is 5.10 Å². The Kier molecular flexibility index (Phi) is 6.48. The van der Waals surface area contributed by atoms with Crippen LogP contribution in [0.1, 0.15) is 46.0 Å². The Balaban J connectivity index is 1.55. The highest BCUT2D eigenvalue weighted by Gasteiger charge is 2.29. The highest BCUT2D eigenvalue weighted by molar-refractivity contribution is 7.16. The average molecular weight is 439 g/mol. The maximum absolute atomic E-state index is 12.6. The monoisotopic (exact) mass is 438 g/mol. The Morgan fingerprint density at radius 1 is 1.16 bits per heavy atom. The van der Waals surface area contributed by atoms with E-state index in [9.17, 15) is 9.59 Å². The van der Waals surface area contributed by atoms with Crippen molar-refractivity contribution < 1.29 is 14.3 Å². The number of hydrogen-bond donors (Lipinski definition) is 1. The molecule has 0 spiro atoms. The first-order valence-electron chi connectivity index (χ1n) is 10.4. The lowest BCUT2D eigenvalue weighted by molar-refractivity contribution is -0.114. The summed E-state index contributed by atoms with van der Waals surface area (Å²) in [4.78, 5) is 27.3. The maximum atomic E-state index is 12.6. The van der Waals surface area contributed by atoms with E-state index in [1.54, 1.807) is 18.3 Å². The number of nitrogens with zero attached hydrogens (tertiary/aromatic N) is 3. The maximum Gasteiger partial charge on any atom is 0.359 e. The number of carbonyl (C=O) groups excluding carboxylic acids is 2. The summed E-state index contributed by atoms with van der Waals surface area (Å²) in [6.45, 7) is 6.55. The number of carbonyl (C=O) groups is 2. The molecular formula is C23H26N4O3S. The smallest absolute Gasteiger partial charge is 0.359 e. The first-order chi connectivity index (χ1) is 15.0. The molecule has 1 N–H and O–H groups in total. The van der Waals surface area contributed by atoms with Gasteiger partial charge < -0.3 is 10.1 Å². The molecule has 0 unspecified atom stereocenters. The quantitative estimate of drug-likeness (QED) is 0.570. The van der Waals surface area contributed by atoms with Crippen molar-refractivity contribution >= 4 is 28.2 Å². The van der Waals surface area contributed by atoms with Crippen molar-refractivity contribution in [3.8, 4) is 0 Å². The van der Waals surface area contributed by atoms with Gasteiger partial charge in [-0.05, 0) is 24.6 Å². The van der Waals surface area contributed by atoms with E-state index >= 15 is 0 Å². The van der Waals surface area contributed by atoms with Crippen molar-refractivity contribution in [1.29, 1.82) is 0 Å². The Bertz CT molecular complexity index is 1070. The number of esters is 1. The lowest BCUT2D eigenvalue weighted by atomic mass is 10.0. The molecule has 0 saturated carbocycles. The second kappa shape index (κ2) is 9.45. The molecule has 0 bridgehead atoms. The zero-order chi connectivity index (χ0) is 21.8. The van der Waals surface area contributed by atoms with Crippen LogP contribution in [0, 0.1) is 0 Å². The van der Waals surface area contributed by atoms with Crippen LogP contribution in [0.4, 0.5) is 5.00 Å². The summed E-state index contributed by atoms with van der Waals surface area (Å²) in [5, 5.41) is 8.33. The second-order valence-corrected chi connectivity index (χ2v) is 8.71. The summed E-state index contributed by atoms with van der Waals surface area (Å²) in [5.41, 5.74) is 3.63. The number of amides is 1. The highest BCUT2D eigenvalue weighted by atomic mass is 32.1. The van der Waals surface area contributed by atoms with Crippen LogP contribution >= 0.6 is 11.3 Å². The predicted molar refractivity (Wildman–Crippen MR) is 120 cm³/mol. The zero-order valence-corrected chi connectivity index (χ0v) is 18.6. The molecule has 1 aromatic carbocycles. The summed E-state index contributed by atoms with van der Waals surface area (Å²) in [5.74, 6) is -0.433. The van der Waals surface area contributed by atoms with Crippen molar-refractivity contribution in [3.05, 3.63) is 69.9 Å². The van der Waals surface area contributed by atoms with Crippen molar-refractivity contribution in [2.75, 3.05) is 18.5 Å². The third-order valence-corrected chi connectivity index (χ3v) is 6.18. The van der Waals surface area contributed by atoms with Gasteiger partial charge in [-0.3, -0.25) is 14.4 Å². The van der Waals surface area contributed by atoms with Crippen LogP contribution < -0.4 is 5.32 Å². The topological polar surface area (TPSA) is 76.5 Å². The molecular weight excluding hydrogens is 412 g/mol. The lowest BCUT2D eigenvalue weighted by Crippen LogP contribution is -2.31. The van der Waals surface area contributed by atoms with Gasteiger partial charge in [0.25, 0.3) is 0 Å². The van der Waals surface area contributed by atoms with Gasteiger partial charge in [-0.1, -0.05) is 30.3 Å². The summed E-state index contributed by atoms with van der Waals surface area (Å²) >= 11 is 1.58. The number of rotatable bonds is 7. The largest absolute Gasteiger partial charge is 0.461 e. The van der Waals surface area contributed by atoms with Gasteiger partial charge in [-0.15, -0.1) is 11.3 Å². The van der Waals surface area contributed by atoms with Gasteiger partial charge in [-0.25, -0.2) is 4.79 Å². The Hall–Kier alpha value is -2.97. The molecule has 0 atom stereocenters. The van der Waals surface area contributed by atoms with E-state index in [1.807, 2.05) is 35.0 Å². The van der Waals surface area contributed by atoms with E-state index in [4.69, 9.17) is 4.74 Å². The molecule has 0 radical (unpaired) electrons. The first kappa shape index (κ1) is 21.3. The normalized spacial score (nSPS) is 13.6. The zero-order valence-electron chi connectivity index (χ0n) is 17.8. The van der Waals surface area contributed by atoms with E-state index in [0.29, 0.717) is 25.4 Å². The minimum Gasteiger partial charge on any atom is -0.461 e. The number of hydrogen-bond acceptors (Lipinski definition) is 6. The average Bonchev–Trinajstić information content (AvgIpc) is 3.33. The molecule has 31 heavy (non-hydrogen) atoms. The standard InChI is InChI=1S/C23H26N4O3S/c1-3-30-23(29)22-19-15-26(14-18-9-10-21(31-18)24-16(2)28)12-11-20(19)27(25-22)13-17-7-5-4-6-8-17/h4-10H,3,11-15H2,1-2H3,(H,24,28). The minimum absolute atomic E-state index is 0.0686. The third kappa shape index (κ3) is 5.03. The molecule has 7 nitrogen and oxygen atoms in total. The van der Waals surface area contributed by atoms with Crippen LogP contribution in [0.5, 0.6) is 0 Å². The lowest BCUT2D eigenvalue weighted by Gasteiger charge is -2.27. The predicted octanol–water partition coefficient (Wildman–Crippen LogP) is 3.69. The molecule has 3 aromatic rings. The molecule has 0 fully saturated rings. The van der Waals surface area contributed by atoms with Gasteiger partial charge in [0, 0.05) is 49.1 Å². The number of benzene rings is 1. The van der Waals surface area contributed by atoms with E-state index in [0.717, 1.165) is 41.3 Å². The van der Waals surface area contributed by atoms with Crippen LogP contribution in [0.15, 0.2) is 42.5 Å². The number of anilines is 1. The van der Waals surface area contributed by atoms with Crippen molar-refractivity contribution in [2.24, 2.45) is 0 Å². The molecule has 2 aromatic heterocycles. The van der Waals surface area contributed by atoms with Crippen LogP contribution in [0.2, 0.25) is 0 Å². The Morgan fingerprint density at radius 3 is 2.71 bits per heavy atom. The van der Waals surface area contributed by atoms with Crippen molar-refractivity contribution in [2.45, 2.75) is 39.9 Å². The van der Waals surface area contributed by atoms with Crippen molar-refractivity contribution in [3.63, 3.8) is 0 Å². The van der Waals surface area contributed by atoms with E-state index in [1.165, 1.54) is 11.8 Å². The Morgan fingerprint density at radius 2 is 1.97 bits per heavy atom.